The first kappa shape index (κ1) is 35.5. The highest BCUT2D eigenvalue weighted by Crippen LogP contribution is 2.40. The van der Waals surface area contributed by atoms with Gasteiger partial charge in [0.15, 0.2) is 0 Å². The van der Waals surface area contributed by atoms with Gasteiger partial charge in [-0.3, -0.25) is 0 Å². The van der Waals surface area contributed by atoms with Crippen LogP contribution < -0.4 is 5.32 Å². The molecule has 0 atom stereocenters. The number of anilines is 1. The fraction of sp³-hybridized carbons (Fsp3) is 0.208. The summed E-state index contributed by atoms with van der Waals surface area (Å²) in [5.41, 5.74) is 6.76. The van der Waals surface area contributed by atoms with Crippen LogP contribution in [0, 0.1) is 6.92 Å². The SMILES string of the molecule is CCOC(=O)c1cc(-c2ccc3c4ccccc4c4ccccc4c3c2)c(C(=O)OCC)cc1-c1ccc(C(CC)(CC)Nc2ccc(C)cc2)cc1. The summed E-state index contributed by atoms with van der Waals surface area (Å²) in [6.45, 7) is 10.5. The summed E-state index contributed by atoms with van der Waals surface area (Å²) < 4.78 is 11.3. The second-order valence-electron chi connectivity index (χ2n) is 13.6. The summed E-state index contributed by atoms with van der Waals surface area (Å²) in [7, 11) is 0. The van der Waals surface area contributed by atoms with Crippen LogP contribution in [0.5, 0.6) is 0 Å². The van der Waals surface area contributed by atoms with E-state index in [4.69, 9.17) is 9.47 Å². The van der Waals surface area contributed by atoms with Crippen LogP contribution in [-0.4, -0.2) is 25.2 Å². The molecule has 0 aliphatic carbocycles. The molecule has 0 fully saturated rings. The molecule has 0 saturated carbocycles. The number of carbonyl (C=O) groups excluding carboxylic acids is 2. The number of nitrogens with one attached hydrogen (secondary N) is 1. The Labute approximate surface area is 311 Å². The Balaban J connectivity index is 1.39. The Kier molecular flexibility index (Phi) is 10.0. The maximum Gasteiger partial charge on any atom is 0.338 e. The quantitative estimate of drug-likeness (QED) is 0.108. The first-order chi connectivity index (χ1) is 25.8. The van der Waals surface area contributed by atoms with Crippen LogP contribution >= 0.6 is 0 Å². The largest absolute Gasteiger partial charge is 0.462 e. The molecule has 7 rings (SSSR count). The number of benzene rings is 7. The van der Waals surface area contributed by atoms with Crippen molar-refractivity contribution in [1.82, 2.24) is 0 Å². The van der Waals surface area contributed by atoms with Crippen molar-refractivity contribution in [2.75, 3.05) is 18.5 Å². The third-order valence-corrected chi connectivity index (χ3v) is 10.6. The summed E-state index contributed by atoms with van der Waals surface area (Å²) in [5.74, 6) is -0.893. The first-order valence-corrected chi connectivity index (χ1v) is 18.6. The molecule has 0 unspecified atom stereocenters. The molecule has 0 heterocycles. The van der Waals surface area contributed by atoms with Crippen molar-refractivity contribution in [2.45, 2.75) is 53.0 Å². The summed E-state index contributed by atoms with van der Waals surface area (Å²) in [6, 6.07) is 43.5. The van der Waals surface area contributed by atoms with Gasteiger partial charge in [-0.15, -0.1) is 0 Å². The van der Waals surface area contributed by atoms with Gasteiger partial charge in [0, 0.05) is 5.69 Å². The van der Waals surface area contributed by atoms with Crippen LogP contribution in [0.25, 0.3) is 54.6 Å². The maximum atomic E-state index is 13.8. The van der Waals surface area contributed by atoms with Gasteiger partial charge in [0.2, 0.25) is 0 Å². The molecule has 5 nitrogen and oxygen atoms in total. The van der Waals surface area contributed by atoms with E-state index < -0.39 is 11.9 Å². The predicted molar refractivity (Wildman–Crippen MR) is 219 cm³/mol. The van der Waals surface area contributed by atoms with Gasteiger partial charge in [0.1, 0.15) is 0 Å². The van der Waals surface area contributed by atoms with Crippen molar-refractivity contribution in [3.63, 3.8) is 0 Å². The molecule has 53 heavy (non-hydrogen) atoms. The van der Waals surface area contributed by atoms with Gasteiger partial charge in [0.25, 0.3) is 0 Å². The van der Waals surface area contributed by atoms with E-state index in [1.165, 1.54) is 10.9 Å². The van der Waals surface area contributed by atoms with Crippen LogP contribution in [0.3, 0.4) is 0 Å². The fourth-order valence-electron chi connectivity index (χ4n) is 7.70. The lowest BCUT2D eigenvalue weighted by Crippen LogP contribution is -2.34. The highest BCUT2D eigenvalue weighted by molar-refractivity contribution is 6.26. The minimum absolute atomic E-state index is 0.223. The standard InChI is InChI=1S/C48H45NO4/c1-6-48(7-2,49-35-25-18-31(5)19-26-35)34-23-20-32(21-24-34)41-29-45(47(51)53-9-4)42(30-44(41)46(50)52-8-3)33-22-27-40-38-16-11-10-14-36(38)37-15-12-13-17-39(37)43(40)28-33/h10-30,49H,6-9H2,1-5H3. The zero-order valence-corrected chi connectivity index (χ0v) is 31.1. The van der Waals surface area contributed by atoms with E-state index in [9.17, 15) is 9.59 Å². The van der Waals surface area contributed by atoms with Gasteiger partial charge in [-0.1, -0.05) is 116 Å². The molecule has 7 aromatic rings. The minimum atomic E-state index is -0.447. The van der Waals surface area contributed by atoms with E-state index in [0.717, 1.165) is 62.2 Å². The molecule has 0 amide bonds. The summed E-state index contributed by atoms with van der Waals surface area (Å²) in [4.78, 5) is 27.6. The van der Waals surface area contributed by atoms with Gasteiger partial charge >= 0.3 is 11.9 Å². The minimum Gasteiger partial charge on any atom is -0.462 e. The number of hydrogen-bond donors (Lipinski definition) is 1. The molecule has 0 aliphatic rings. The van der Waals surface area contributed by atoms with E-state index in [1.54, 1.807) is 26.0 Å². The molecule has 0 spiro atoms. The third kappa shape index (κ3) is 6.64. The Hall–Kier alpha value is -5.94. The number of ether oxygens (including phenoxy) is 2. The maximum absolute atomic E-state index is 13.8. The van der Waals surface area contributed by atoms with E-state index in [2.05, 4.69) is 123 Å². The van der Waals surface area contributed by atoms with Crippen molar-refractivity contribution in [3.8, 4) is 22.3 Å². The van der Waals surface area contributed by atoms with Crippen molar-refractivity contribution < 1.29 is 19.1 Å². The number of aryl methyl sites for hydroxylation is 1. The van der Waals surface area contributed by atoms with Gasteiger partial charge in [-0.25, -0.2) is 9.59 Å². The Morgan fingerprint density at radius 3 is 1.47 bits per heavy atom. The number of rotatable bonds is 11. The average molecular weight is 700 g/mol. The van der Waals surface area contributed by atoms with E-state index in [0.29, 0.717) is 22.3 Å². The summed E-state index contributed by atoms with van der Waals surface area (Å²) in [6.07, 6.45) is 1.76. The highest BCUT2D eigenvalue weighted by atomic mass is 16.5. The Bertz CT molecular complexity index is 2420. The average Bonchev–Trinajstić information content (AvgIpc) is 3.20. The first-order valence-electron chi connectivity index (χ1n) is 18.6. The summed E-state index contributed by atoms with van der Waals surface area (Å²) >= 11 is 0. The van der Waals surface area contributed by atoms with Crippen molar-refractivity contribution >= 4 is 49.9 Å². The predicted octanol–water partition coefficient (Wildman–Crippen LogP) is 12.3. The lowest BCUT2D eigenvalue weighted by atomic mass is 9.83. The number of esters is 2. The van der Waals surface area contributed by atoms with Crippen molar-refractivity contribution in [3.05, 3.63) is 150 Å². The molecular formula is C48H45NO4. The van der Waals surface area contributed by atoms with Crippen LogP contribution in [0.2, 0.25) is 0 Å². The molecule has 0 bridgehead atoms. The number of fused-ring (bicyclic) bond motifs is 6. The topological polar surface area (TPSA) is 64.6 Å². The lowest BCUT2D eigenvalue weighted by molar-refractivity contribution is 0.0513. The van der Waals surface area contributed by atoms with Crippen LogP contribution in [-0.2, 0) is 15.0 Å². The number of carbonyl (C=O) groups is 2. The molecule has 1 N–H and O–H groups in total. The van der Waals surface area contributed by atoms with Gasteiger partial charge < -0.3 is 14.8 Å². The van der Waals surface area contributed by atoms with Crippen LogP contribution in [0.15, 0.2) is 127 Å². The second kappa shape index (κ2) is 15.0. The van der Waals surface area contributed by atoms with E-state index >= 15 is 0 Å². The molecule has 0 aromatic heterocycles. The molecule has 0 aliphatic heterocycles. The van der Waals surface area contributed by atoms with Crippen LogP contribution in [0.1, 0.15) is 72.4 Å². The zero-order chi connectivity index (χ0) is 37.1. The Morgan fingerprint density at radius 1 is 0.528 bits per heavy atom. The monoisotopic (exact) mass is 699 g/mol. The fourth-order valence-corrected chi connectivity index (χ4v) is 7.70. The normalized spacial score (nSPS) is 11.6. The Morgan fingerprint density at radius 2 is 0.981 bits per heavy atom. The van der Waals surface area contributed by atoms with Gasteiger partial charge in [-0.05, 0) is 124 Å². The van der Waals surface area contributed by atoms with Crippen molar-refractivity contribution in [2.24, 2.45) is 0 Å². The number of hydrogen-bond acceptors (Lipinski definition) is 5. The van der Waals surface area contributed by atoms with E-state index in [1.807, 2.05) is 18.2 Å². The molecule has 7 aromatic carbocycles. The molecule has 0 radical (unpaired) electrons. The lowest BCUT2D eigenvalue weighted by Gasteiger charge is -2.35. The third-order valence-electron chi connectivity index (χ3n) is 10.6. The molecule has 5 heteroatoms. The van der Waals surface area contributed by atoms with E-state index in [-0.39, 0.29) is 18.8 Å². The molecule has 0 saturated heterocycles. The van der Waals surface area contributed by atoms with Gasteiger partial charge in [0.05, 0.1) is 29.9 Å². The van der Waals surface area contributed by atoms with Gasteiger partial charge in [-0.2, -0.15) is 0 Å². The second-order valence-corrected chi connectivity index (χ2v) is 13.6. The zero-order valence-electron chi connectivity index (χ0n) is 31.1. The van der Waals surface area contributed by atoms with Crippen LogP contribution in [0.4, 0.5) is 5.69 Å². The molecular weight excluding hydrogens is 655 g/mol. The van der Waals surface area contributed by atoms with Crippen molar-refractivity contribution in [1.29, 1.82) is 0 Å². The summed E-state index contributed by atoms with van der Waals surface area (Å²) in [5, 5.41) is 10.6. The highest BCUT2D eigenvalue weighted by Gasteiger charge is 2.29. The molecule has 266 valence electrons. The smallest absolute Gasteiger partial charge is 0.338 e.